The summed E-state index contributed by atoms with van der Waals surface area (Å²) >= 11 is 5.31. The van der Waals surface area contributed by atoms with E-state index >= 15 is 0 Å². The lowest BCUT2D eigenvalue weighted by molar-refractivity contribution is 0.0730. The number of ether oxygens (including phenoxy) is 2. The Morgan fingerprint density at radius 3 is 2.39 bits per heavy atom. The highest BCUT2D eigenvalue weighted by atomic mass is 32.2. The lowest BCUT2D eigenvalue weighted by Gasteiger charge is -2.26. The predicted molar refractivity (Wildman–Crippen MR) is 128 cm³/mol. The molecule has 0 radical (unpaired) electrons. The number of nitrogens with one attached hydrogen (secondary N) is 2. The van der Waals surface area contributed by atoms with Gasteiger partial charge in [0.1, 0.15) is 5.75 Å². The highest BCUT2D eigenvalue weighted by molar-refractivity contribution is 7.89. The first kappa shape index (κ1) is 23.1. The van der Waals surface area contributed by atoms with Crippen molar-refractivity contribution in [3.05, 3.63) is 72.3 Å². The lowest BCUT2D eigenvalue weighted by Crippen LogP contribution is -2.40. The number of para-hydroxylation sites is 1. The Balaban J connectivity index is 1.27. The molecule has 9 nitrogen and oxygen atoms in total. The second kappa shape index (κ2) is 10.7. The maximum absolute atomic E-state index is 12.7. The number of aromatic nitrogens is 2. The van der Waals surface area contributed by atoms with Crippen molar-refractivity contribution in [2.24, 2.45) is 0 Å². The Morgan fingerprint density at radius 1 is 1.00 bits per heavy atom. The van der Waals surface area contributed by atoms with E-state index in [2.05, 4.69) is 20.8 Å². The summed E-state index contributed by atoms with van der Waals surface area (Å²) in [7, 11) is -3.51. The van der Waals surface area contributed by atoms with Gasteiger partial charge in [0.05, 0.1) is 18.1 Å². The number of anilines is 1. The average molecular weight is 486 g/mol. The number of nitrogens with zero attached hydrogens (tertiary/aromatic N) is 3. The van der Waals surface area contributed by atoms with Crippen LogP contribution in [0.25, 0.3) is 0 Å². The topological polar surface area (TPSA) is 106 Å². The molecule has 2 heterocycles. The Morgan fingerprint density at radius 2 is 1.73 bits per heavy atom. The van der Waals surface area contributed by atoms with E-state index in [9.17, 15) is 8.42 Å². The van der Waals surface area contributed by atoms with Crippen LogP contribution >= 0.6 is 12.2 Å². The number of thiocarbonyl (C=S) groups is 1. The minimum Gasteiger partial charge on any atom is -0.438 e. The normalized spacial score (nSPS) is 14.4. The quantitative estimate of drug-likeness (QED) is 0.489. The standard InChI is InChI=1S/C22H23N5O4S2/c28-33(29,27-12-14-30-15-13-27)19-8-6-17(7-9-19)16-23-22(32)24-20-10-11-21(26-25-20)31-18-4-2-1-3-5-18/h1-11H,12-16H2,(H2,23,24,25,32). The first-order valence-electron chi connectivity index (χ1n) is 10.3. The lowest BCUT2D eigenvalue weighted by atomic mass is 10.2. The minimum absolute atomic E-state index is 0.266. The molecule has 0 aliphatic carbocycles. The number of sulfonamides is 1. The highest BCUT2D eigenvalue weighted by Crippen LogP contribution is 2.19. The van der Waals surface area contributed by atoms with Crippen LogP contribution in [0.2, 0.25) is 0 Å². The minimum atomic E-state index is -3.51. The third-order valence-corrected chi connectivity index (χ3v) is 6.99. The SMILES string of the molecule is O=S(=O)(c1ccc(CNC(=S)Nc2ccc(Oc3ccccc3)nn2)cc1)N1CCOCC1. The number of morpholine rings is 1. The Labute approximate surface area is 197 Å². The van der Waals surface area contributed by atoms with Crippen molar-refractivity contribution in [3.8, 4) is 11.6 Å². The van der Waals surface area contributed by atoms with Crippen molar-refractivity contribution in [1.29, 1.82) is 0 Å². The zero-order chi connectivity index (χ0) is 23.1. The van der Waals surface area contributed by atoms with Gasteiger partial charge in [-0.2, -0.15) is 4.31 Å². The summed E-state index contributed by atoms with van der Waals surface area (Å²) in [5.41, 5.74) is 0.887. The summed E-state index contributed by atoms with van der Waals surface area (Å²) < 4.78 is 37.7. The average Bonchev–Trinajstić information content (AvgIpc) is 2.85. The molecule has 0 spiro atoms. The van der Waals surface area contributed by atoms with Crippen molar-refractivity contribution >= 4 is 33.2 Å². The first-order chi connectivity index (χ1) is 16.0. The van der Waals surface area contributed by atoms with E-state index in [0.717, 1.165) is 5.56 Å². The summed E-state index contributed by atoms with van der Waals surface area (Å²) in [4.78, 5) is 0.266. The van der Waals surface area contributed by atoms with Crippen LogP contribution in [0.1, 0.15) is 5.56 Å². The molecule has 1 aliphatic rings. The van der Waals surface area contributed by atoms with E-state index in [-0.39, 0.29) is 4.90 Å². The Hall–Kier alpha value is -3.12. The Kier molecular flexibility index (Phi) is 7.45. The van der Waals surface area contributed by atoms with Gasteiger partial charge in [-0.15, -0.1) is 10.2 Å². The molecule has 0 unspecified atom stereocenters. The molecule has 1 saturated heterocycles. The summed E-state index contributed by atoms with van der Waals surface area (Å²) in [5, 5.41) is 14.5. The molecule has 0 atom stereocenters. The van der Waals surface area contributed by atoms with Crippen LogP contribution in [0.5, 0.6) is 11.6 Å². The first-order valence-corrected chi connectivity index (χ1v) is 12.1. The number of benzene rings is 2. The second-order valence-electron chi connectivity index (χ2n) is 7.14. The fourth-order valence-electron chi connectivity index (χ4n) is 3.11. The van der Waals surface area contributed by atoms with Crippen LogP contribution in [-0.2, 0) is 21.3 Å². The molecule has 1 aliphatic heterocycles. The largest absolute Gasteiger partial charge is 0.438 e. The van der Waals surface area contributed by atoms with Gasteiger partial charge in [-0.25, -0.2) is 8.42 Å². The van der Waals surface area contributed by atoms with Gasteiger partial charge in [0.2, 0.25) is 15.9 Å². The summed E-state index contributed by atoms with van der Waals surface area (Å²) in [6.45, 7) is 1.99. The van der Waals surface area contributed by atoms with Crippen LogP contribution in [0.15, 0.2) is 71.6 Å². The van der Waals surface area contributed by atoms with Gasteiger partial charge in [-0.05, 0) is 48.1 Å². The van der Waals surface area contributed by atoms with Crippen LogP contribution in [0.3, 0.4) is 0 Å². The summed E-state index contributed by atoms with van der Waals surface area (Å²) in [5.74, 6) is 1.52. The highest BCUT2D eigenvalue weighted by Gasteiger charge is 2.26. The van der Waals surface area contributed by atoms with Crippen LogP contribution in [0.4, 0.5) is 5.82 Å². The van der Waals surface area contributed by atoms with E-state index < -0.39 is 10.0 Å². The van der Waals surface area contributed by atoms with Crippen molar-refractivity contribution < 1.29 is 17.9 Å². The maximum Gasteiger partial charge on any atom is 0.243 e. The molecule has 1 fully saturated rings. The predicted octanol–water partition coefficient (Wildman–Crippen LogP) is 2.78. The van der Waals surface area contributed by atoms with Crippen LogP contribution < -0.4 is 15.4 Å². The molecule has 172 valence electrons. The van der Waals surface area contributed by atoms with Gasteiger partial charge in [0, 0.05) is 25.7 Å². The van der Waals surface area contributed by atoms with Gasteiger partial charge in [-0.3, -0.25) is 0 Å². The fourth-order valence-corrected chi connectivity index (χ4v) is 4.69. The van der Waals surface area contributed by atoms with Crippen molar-refractivity contribution in [3.63, 3.8) is 0 Å². The van der Waals surface area contributed by atoms with E-state index in [1.807, 2.05) is 30.3 Å². The third kappa shape index (κ3) is 6.23. The smallest absolute Gasteiger partial charge is 0.243 e. The van der Waals surface area contributed by atoms with E-state index in [0.29, 0.717) is 55.4 Å². The Bertz CT molecular complexity index is 1170. The summed E-state index contributed by atoms with van der Waals surface area (Å²) in [6, 6.07) is 19.5. The molecule has 0 amide bonds. The monoisotopic (exact) mass is 485 g/mol. The fraction of sp³-hybridized carbons (Fsp3) is 0.227. The number of hydrogen-bond donors (Lipinski definition) is 2. The van der Waals surface area contributed by atoms with E-state index in [1.54, 1.807) is 36.4 Å². The molecule has 0 bridgehead atoms. The molecule has 2 N–H and O–H groups in total. The number of hydrogen-bond acceptors (Lipinski definition) is 7. The number of rotatable bonds is 7. The van der Waals surface area contributed by atoms with Gasteiger partial charge >= 0.3 is 0 Å². The molecular formula is C22H23N5O4S2. The van der Waals surface area contributed by atoms with Crippen LogP contribution in [-0.4, -0.2) is 54.3 Å². The molecule has 1 aromatic heterocycles. The van der Waals surface area contributed by atoms with Crippen LogP contribution in [0, 0.1) is 0 Å². The van der Waals surface area contributed by atoms with Crippen molar-refractivity contribution in [2.75, 3.05) is 31.6 Å². The zero-order valence-corrected chi connectivity index (χ0v) is 19.3. The summed E-state index contributed by atoms with van der Waals surface area (Å²) in [6.07, 6.45) is 0. The molecule has 4 rings (SSSR count). The second-order valence-corrected chi connectivity index (χ2v) is 9.49. The van der Waals surface area contributed by atoms with E-state index in [1.165, 1.54) is 4.31 Å². The van der Waals surface area contributed by atoms with Crippen molar-refractivity contribution in [1.82, 2.24) is 19.8 Å². The zero-order valence-electron chi connectivity index (χ0n) is 17.7. The maximum atomic E-state index is 12.7. The van der Waals surface area contributed by atoms with Crippen molar-refractivity contribution in [2.45, 2.75) is 11.4 Å². The van der Waals surface area contributed by atoms with Gasteiger partial charge in [0.25, 0.3) is 0 Å². The van der Waals surface area contributed by atoms with E-state index in [4.69, 9.17) is 21.7 Å². The molecular weight excluding hydrogens is 462 g/mol. The molecule has 0 saturated carbocycles. The third-order valence-electron chi connectivity index (χ3n) is 4.83. The molecule has 11 heteroatoms. The van der Waals surface area contributed by atoms with Gasteiger partial charge < -0.3 is 20.1 Å². The molecule has 33 heavy (non-hydrogen) atoms. The molecule has 3 aromatic rings. The molecule has 2 aromatic carbocycles. The van der Waals surface area contributed by atoms with Gasteiger partial charge in [-0.1, -0.05) is 30.3 Å². The van der Waals surface area contributed by atoms with Gasteiger partial charge in [0.15, 0.2) is 10.9 Å².